The summed E-state index contributed by atoms with van der Waals surface area (Å²) >= 11 is 0. The summed E-state index contributed by atoms with van der Waals surface area (Å²) in [4.78, 5) is 25.6. The first-order valence-electron chi connectivity index (χ1n) is 7.55. The van der Waals surface area contributed by atoms with Crippen LogP contribution in [-0.4, -0.2) is 25.0 Å². The Kier molecular flexibility index (Phi) is 4.68. The van der Waals surface area contributed by atoms with Crippen molar-refractivity contribution in [3.05, 3.63) is 60.2 Å². The van der Waals surface area contributed by atoms with Gasteiger partial charge < -0.3 is 15.0 Å². The smallest absolute Gasteiger partial charge is 0.244 e. The van der Waals surface area contributed by atoms with Gasteiger partial charge in [0, 0.05) is 0 Å². The maximum Gasteiger partial charge on any atom is 0.244 e. The van der Waals surface area contributed by atoms with Gasteiger partial charge in [-0.15, -0.1) is 0 Å². The molecule has 0 saturated carbocycles. The lowest BCUT2D eigenvalue weighted by molar-refractivity contribution is -0.122. The average molecular weight is 310 g/mol. The largest absolute Gasteiger partial charge is 0.376 e. The number of anilines is 2. The number of carbonyl (C=O) groups excluding carboxylic acids is 2. The molecule has 0 aromatic heterocycles. The molecule has 0 fully saturated rings. The van der Waals surface area contributed by atoms with E-state index in [2.05, 4.69) is 5.32 Å². The lowest BCUT2D eigenvalue weighted by Gasteiger charge is -2.29. The van der Waals surface area contributed by atoms with Crippen LogP contribution in [0.15, 0.2) is 54.6 Å². The first-order chi connectivity index (χ1) is 11.2. The minimum absolute atomic E-state index is 0.0501. The molecule has 0 spiro atoms. The van der Waals surface area contributed by atoms with Gasteiger partial charge in [0.25, 0.3) is 0 Å². The van der Waals surface area contributed by atoms with Gasteiger partial charge in [-0.05, 0) is 17.7 Å². The minimum atomic E-state index is -0.178. The highest BCUT2D eigenvalue weighted by Gasteiger charge is 2.26. The van der Waals surface area contributed by atoms with Crippen LogP contribution < -0.4 is 10.2 Å². The van der Waals surface area contributed by atoms with Crippen molar-refractivity contribution in [1.82, 2.24) is 0 Å². The van der Waals surface area contributed by atoms with E-state index in [1.165, 1.54) is 4.90 Å². The molecular weight excluding hydrogens is 292 g/mol. The number of fused-ring (bicyclic) bond motifs is 1. The maximum absolute atomic E-state index is 12.4. The molecule has 0 aliphatic carbocycles. The highest BCUT2D eigenvalue weighted by molar-refractivity contribution is 6.09. The van der Waals surface area contributed by atoms with Gasteiger partial charge in [0.2, 0.25) is 11.8 Å². The molecule has 5 heteroatoms. The number of nitrogens with zero attached hydrogens (tertiary/aromatic N) is 1. The Morgan fingerprint density at radius 1 is 1.09 bits per heavy atom. The molecule has 23 heavy (non-hydrogen) atoms. The Labute approximate surface area is 134 Å². The fourth-order valence-corrected chi connectivity index (χ4v) is 2.51. The summed E-state index contributed by atoms with van der Waals surface area (Å²) in [6.45, 7) is 0.855. The van der Waals surface area contributed by atoms with E-state index in [0.29, 0.717) is 18.9 Å². The molecule has 1 N–H and O–H groups in total. The van der Waals surface area contributed by atoms with Gasteiger partial charge in [0.05, 0.1) is 31.0 Å². The number of hydrogen-bond acceptors (Lipinski definition) is 3. The van der Waals surface area contributed by atoms with E-state index in [1.807, 2.05) is 48.5 Å². The molecule has 0 bridgehead atoms. The SMILES string of the molecule is O=C1CN(C(=O)CCOCc2ccccc2)c2ccccc2N1. The van der Waals surface area contributed by atoms with Crippen molar-refractivity contribution in [3.63, 3.8) is 0 Å². The number of hydrogen-bond donors (Lipinski definition) is 1. The van der Waals surface area contributed by atoms with Crippen molar-refractivity contribution in [1.29, 1.82) is 0 Å². The van der Waals surface area contributed by atoms with Gasteiger partial charge in [-0.2, -0.15) is 0 Å². The van der Waals surface area contributed by atoms with Crippen molar-refractivity contribution in [2.45, 2.75) is 13.0 Å². The average Bonchev–Trinajstić information content (AvgIpc) is 2.58. The summed E-state index contributed by atoms with van der Waals surface area (Å²) in [5.41, 5.74) is 2.48. The first kappa shape index (κ1) is 15.2. The van der Waals surface area contributed by atoms with Crippen molar-refractivity contribution in [2.75, 3.05) is 23.4 Å². The summed E-state index contributed by atoms with van der Waals surface area (Å²) in [5.74, 6) is -0.289. The molecule has 0 atom stereocenters. The third-order valence-electron chi connectivity index (χ3n) is 3.64. The molecule has 2 amide bonds. The number of nitrogens with one attached hydrogen (secondary N) is 1. The summed E-state index contributed by atoms with van der Waals surface area (Å²) in [5, 5.41) is 2.77. The lowest BCUT2D eigenvalue weighted by Crippen LogP contribution is -2.42. The molecule has 2 aromatic rings. The topological polar surface area (TPSA) is 58.6 Å². The molecule has 3 rings (SSSR count). The second-order valence-corrected chi connectivity index (χ2v) is 5.33. The Balaban J connectivity index is 1.55. The van der Waals surface area contributed by atoms with E-state index in [9.17, 15) is 9.59 Å². The van der Waals surface area contributed by atoms with Crippen LogP contribution in [0.5, 0.6) is 0 Å². The van der Waals surface area contributed by atoms with Crippen LogP contribution in [0, 0.1) is 0 Å². The van der Waals surface area contributed by atoms with E-state index in [-0.39, 0.29) is 24.8 Å². The van der Waals surface area contributed by atoms with E-state index in [0.717, 1.165) is 11.3 Å². The zero-order valence-corrected chi connectivity index (χ0v) is 12.7. The molecule has 0 radical (unpaired) electrons. The van der Waals surface area contributed by atoms with E-state index < -0.39 is 0 Å². The second-order valence-electron chi connectivity index (χ2n) is 5.33. The summed E-state index contributed by atoms with van der Waals surface area (Å²) in [6, 6.07) is 17.1. The van der Waals surface area contributed by atoms with Gasteiger partial charge >= 0.3 is 0 Å². The highest BCUT2D eigenvalue weighted by atomic mass is 16.5. The lowest BCUT2D eigenvalue weighted by atomic mass is 10.2. The standard InChI is InChI=1S/C18H18N2O3/c21-17-12-20(16-9-5-4-8-15(16)19-17)18(22)10-11-23-13-14-6-2-1-3-7-14/h1-9H,10-13H2,(H,19,21). The molecule has 1 aliphatic heterocycles. The molecule has 0 saturated heterocycles. The number of ether oxygens (including phenoxy) is 1. The van der Waals surface area contributed by atoms with Crippen LogP contribution >= 0.6 is 0 Å². The van der Waals surface area contributed by atoms with Crippen LogP contribution in [0.1, 0.15) is 12.0 Å². The summed E-state index contributed by atoms with van der Waals surface area (Å²) in [6.07, 6.45) is 0.244. The van der Waals surface area contributed by atoms with Crippen LogP contribution in [0.3, 0.4) is 0 Å². The number of benzene rings is 2. The zero-order chi connectivity index (χ0) is 16.1. The maximum atomic E-state index is 12.4. The zero-order valence-electron chi connectivity index (χ0n) is 12.7. The molecule has 2 aromatic carbocycles. The Hall–Kier alpha value is -2.66. The normalized spacial score (nSPS) is 13.4. The molecule has 1 aliphatic rings. The van der Waals surface area contributed by atoms with Gasteiger partial charge in [-0.1, -0.05) is 42.5 Å². The second kappa shape index (κ2) is 7.07. The van der Waals surface area contributed by atoms with Gasteiger partial charge in [-0.25, -0.2) is 0 Å². The molecule has 5 nitrogen and oxygen atoms in total. The predicted octanol–water partition coefficient (Wildman–Crippen LogP) is 2.58. The number of amides is 2. The monoisotopic (exact) mass is 310 g/mol. The molecule has 0 unspecified atom stereocenters. The summed E-state index contributed by atoms with van der Waals surface area (Å²) < 4.78 is 5.55. The van der Waals surface area contributed by atoms with Crippen LogP contribution in [0.25, 0.3) is 0 Å². The molecule has 118 valence electrons. The van der Waals surface area contributed by atoms with Gasteiger partial charge in [0.1, 0.15) is 6.54 Å². The van der Waals surface area contributed by atoms with Crippen LogP contribution in [-0.2, 0) is 20.9 Å². The number of para-hydroxylation sites is 2. The van der Waals surface area contributed by atoms with E-state index in [4.69, 9.17) is 4.74 Å². The van der Waals surface area contributed by atoms with Crippen LogP contribution in [0.2, 0.25) is 0 Å². The summed E-state index contributed by atoms with van der Waals surface area (Å²) in [7, 11) is 0. The first-order valence-corrected chi connectivity index (χ1v) is 7.55. The minimum Gasteiger partial charge on any atom is -0.376 e. The Bertz CT molecular complexity index is 700. The fourth-order valence-electron chi connectivity index (χ4n) is 2.51. The van der Waals surface area contributed by atoms with E-state index in [1.54, 1.807) is 6.07 Å². The van der Waals surface area contributed by atoms with E-state index >= 15 is 0 Å². The van der Waals surface area contributed by atoms with Crippen molar-refractivity contribution in [3.8, 4) is 0 Å². The number of carbonyl (C=O) groups is 2. The Morgan fingerprint density at radius 2 is 1.83 bits per heavy atom. The number of rotatable bonds is 5. The third kappa shape index (κ3) is 3.76. The fraction of sp³-hybridized carbons (Fsp3) is 0.222. The Morgan fingerprint density at radius 3 is 2.65 bits per heavy atom. The van der Waals surface area contributed by atoms with Crippen molar-refractivity contribution in [2.24, 2.45) is 0 Å². The quantitative estimate of drug-likeness (QED) is 0.864. The molecular formula is C18H18N2O3. The van der Waals surface area contributed by atoms with Gasteiger partial charge in [-0.3, -0.25) is 9.59 Å². The van der Waals surface area contributed by atoms with Crippen molar-refractivity contribution < 1.29 is 14.3 Å². The third-order valence-corrected chi connectivity index (χ3v) is 3.64. The predicted molar refractivity (Wildman–Crippen MR) is 88.1 cm³/mol. The highest BCUT2D eigenvalue weighted by Crippen LogP contribution is 2.29. The van der Waals surface area contributed by atoms with Gasteiger partial charge in [0.15, 0.2) is 0 Å². The molecule has 1 heterocycles. The van der Waals surface area contributed by atoms with Crippen LogP contribution in [0.4, 0.5) is 11.4 Å². The van der Waals surface area contributed by atoms with Crippen molar-refractivity contribution >= 4 is 23.2 Å².